The van der Waals surface area contributed by atoms with Gasteiger partial charge in [0.2, 0.25) is 0 Å². The fourth-order valence-corrected chi connectivity index (χ4v) is 7.34. The SMILES string of the molecule is CCCCCCCCCCCCCCn1c(CC(C)c2ccccc2)c[n+](CCCCCCCCCCCC)c1Cc1ccccc1. The minimum atomic E-state index is 0.516. The van der Waals surface area contributed by atoms with Crippen molar-refractivity contribution in [2.75, 3.05) is 0 Å². The van der Waals surface area contributed by atoms with E-state index in [0.717, 1.165) is 25.9 Å². The van der Waals surface area contributed by atoms with E-state index in [2.05, 4.69) is 96.8 Å². The molecule has 0 saturated heterocycles. The lowest BCUT2D eigenvalue weighted by atomic mass is 9.96. The van der Waals surface area contributed by atoms with E-state index in [9.17, 15) is 0 Å². The zero-order valence-corrected chi connectivity index (χ0v) is 31.2. The van der Waals surface area contributed by atoms with Gasteiger partial charge in [-0.3, -0.25) is 0 Å². The summed E-state index contributed by atoms with van der Waals surface area (Å²) in [5.74, 6) is 2.03. The van der Waals surface area contributed by atoms with Crippen LogP contribution in [0.15, 0.2) is 66.9 Å². The summed E-state index contributed by atoms with van der Waals surface area (Å²) in [6.07, 6.45) is 35.4. The molecule has 1 heterocycles. The Hall–Kier alpha value is -2.35. The monoisotopic (exact) mass is 642 g/mol. The van der Waals surface area contributed by atoms with Gasteiger partial charge in [0.1, 0.15) is 11.9 Å². The van der Waals surface area contributed by atoms with E-state index in [1.165, 1.54) is 164 Å². The quantitative estimate of drug-likeness (QED) is 0.0527. The number of nitrogens with zero attached hydrogens (tertiary/aromatic N) is 2. The van der Waals surface area contributed by atoms with Crippen LogP contribution in [0.3, 0.4) is 0 Å². The number of unbranched alkanes of at least 4 members (excludes halogenated alkanes) is 20. The first-order valence-corrected chi connectivity index (χ1v) is 20.4. The average Bonchev–Trinajstić information content (AvgIpc) is 3.41. The molecule has 0 saturated carbocycles. The normalized spacial score (nSPS) is 12.1. The zero-order chi connectivity index (χ0) is 33.2. The maximum Gasteiger partial charge on any atom is 0.261 e. The average molecular weight is 642 g/mol. The fourth-order valence-electron chi connectivity index (χ4n) is 7.34. The van der Waals surface area contributed by atoms with Crippen LogP contribution in [0.2, 0.25) is 0 Å². The number of benzene rings is 2. The van der Waals surface area contributed by atoms with Crippen LogP contribution in [0.25, 0.3) is 0 Å². The topological polar surface area (TPSA) is 8.81 Å². The van der Waals surface area contributed by atoms with Crippen molar-refractivity contribution in [2.45, 2.75) is 194 Å². The van der Waals surface area contributed by atoms with E-state index in [-0.39, 0.29) is 0 Å². The van der Waals surface area contributed by atoms with Crippen molar-refractivity contribution in [3.63, 3.8) is 0 Å². The van der Waals surface area contributed by atoms with Crippen LogP contribution in [0.4, 0.5) is 0 Å². The first kappa shape index (κ1) is 39.1. The van der Waals surface area contributed by atoms with Crippen LogP contribution >= 0.6 is 0 Å². The third kappa shape index (κ3) is 16.5. The molecular weight excluding hydrogens is 569 g/mol. The largest absolute Gasteiger partial charge is 0.261 e. The summed E-state index contributed by atoms with van der Waals surface area (Å²) in [6.45, 7) is 9.34. The molecule has 3 rings (SSSR count). The predicted molar refractivity (Wildman–Crippen MR) is 205 cm³/mol. The number of hydrogen-bond acceptors (Lipinski definition) is 0. The summed E-state index contributed by atoms with van der Waals surface area (Å²) in [7, 11) is 0. The molecule has 1 unspecified atom stereocenters. The Morgan fingerprint density at radius 2 is 0.979 bits per heavy atom. The van der Waals surface area contributed by atoms with E-state index in [4.69, 9.17) is 0 Å². The molecular formula is C45H73N2+. The van der Waals surface area contributed by atoms with E-state index < -0.39 is 0 Å². The van der Waals surface area contributed by atoms with Gasteiger partial charge in [0.25, 0.3) is 5.82 Å². The summed E-state index contributed by atoms with van der Waals surface area (Å²) in [4.78, 5) is 0. The summed E-state index contributed by atoms with van der Waals surface area (Å²) >= 11 is 0. The van der Waals surface area contributed by atoms with Crippen molar-refractivity contribution < 1.29 is 4.57 Å². The molecule has 0 aliphatic heterocycles. The highest BCUT2D eigenvalue weighted by atomic mass is 15.2. The van der Waals surface area contributed by atoms with Crippen LogP contribution in [0, 0.1) is 0 Å². The zero-order valence-electron chi connectivity index (χ0n) is 31.2. The van der Waals surface area contributed by atoms with Gasteiger partial charge in [-0.2, -0.15) is 0 Å². The number of aromatic nitrogens is 2. The number of imidazole rings is 1. The second kappa shape index (κ2) is 25.6. The number of hydrogen-bond donors (Lipinski definition) is 0. The van der Waals surface area contributed by atoms with Gasteiger partial charge in [-0.15, -0.1) is 0 Å². The Bertz CT molecular complexity index is 1130. The molecule has 0 bridgehead atoms. The lowest BCUT2D eigenvalue weighted by Crippen LogP contribution is -2.37. The molecule has 47 heavy (non-hydrogen) atoms. The molecule has 3 aromatic rings. The van der Waals surface area contributed by atoms with Crippen LogP contribution in [0.5, 0.6) is 0 Å². The Labute approximate surface area is 291 Å². The molecule has 0 aliphatic carbocycles. The molecule has 1 atom stereocenters. The second-order valence-electron chi connectivity index (χ2n) is 14.6. The van der Waals surface area contributed by atoms with Crippen molar-refractivity contribution in [3.8, 4) is 0 Å². The smallest absolute Gasteiger partial charge is 0.234 e. The van der Waals surface area contributed by atoms with E-state index in [1.54, 1.807) is 0 Å². The van der Waals surface area contributed by atoms with E-state index in [1.807, 2.05) is 0 Å². The number of rotatable bonds is 29. The van der Waals surface area contributed by atoms with E-state index >= 15 is 0 Å². The van der Waals surface area contributed by atoms with Crippen LogP contribution in [-0.4, -0.2) is 4.57 Å². The highest BCUT2D eigenvalue weighted by Gasteiger charge is 2.25. The Morgan fingerprint density at radius 1 is 0.532 bits per heavy atom. The predicted octanol–water partition coefficient (Wildman–Crippen LogP) is 13.3. The molecule has 2 heteroatoms. The third-order valence-electron chi connectivity index (χ3n) is 10.4. The van der Waals surface area contributed by atoms with Crippen LogP contribution in [-0.2, 0) is 25.9 Å². The summed E-state index contributed by atoms with van der Waals surface area (Å²) in [6, 6.07) is 22.4. The number of aryl methyl sites for hydroxylation is 1. The molecule has 2 aromatic carbocycles. The summed E-state index contributed by atoms with van der Waals surface area (Å²) in [5, 5.41) is 0. The van der Waals surface area contributed by atoms with Gasteiger partial charge >= 0.3 is 0 Å². The molecule has 0 spiro atoms. The van der Waals surface area contributed by atoms with Crippen molar-refractivity contribution in [3.05, 3.63) is 89.5 Å². The molecule has 0 aliphatic rings. The van der Waals surface area contributed by atoms with Crippen LogP contribution in [0.1, 0.15) is 191 Å². The molecule has 2 nitrogen and oxygen atoms in total. The Balaban J connectivity index is 1.60. The Morgan fingerprint density at radius 3 is 1.49 bits per heavy atom. The lowest BCUT2D eigenvalue weighted by Gasteiger charge is -2.12. The van der Waals surface area contributed by atoms with E-state index in [0.29, 0.717) is 5.92 Å². The summed E-state index contributed by atoms with van der Waals surface area (Å²) in [5.41, 5.74) is 4.42. The molecule has 0 N–H and O–H groups in total. The lowest BCUT2D eigenvalue weighted by molar-refractivity contribution is -0.704. The van der Waals surface area contributed by atoms with Gasteiger partial charge in [-0.1, -0.05) is 197 Å². The molecule has 0 amide bonds. The summed E-state index contributed by atoms with van der Waals surface area (Å²) < 4.78 is 5.41. The maximum absolute atomic E-state index is 2.75. The Kier molecular flexibility index (Phi) is 21.3. The van der Waals surface area contributed by atoms with Gasteiger partial charge in [0, 0.05) is 6.42 Å². The first-order chi connectivity index (χ1) is 23.2. The molecule has 0 fully saturated rings. The highest BCUT2D eigenvalue weighted by Crippen LogP contribution is 2.23. The van der Waals surface area contributed by atoms with Crippen LogP contribution < -0.4 is 4.57 Å². The standard InChI is InChI=1S/C45H73N2/c1-4-6-8-10-12-14-16-17-19-21-23-31-37-47-44(38-41(3)43-34-28-25-29-35-43)40-46(45(47)39-42-32-26-24-27-33-42)36-30-22-20-18-15-13-11-9-7-5-2/h24-29,32-35,40-41H,4-23,30-31,36-39H2,1-3H3/q+1. The van der Waals surface area contributed by atoms with Gasteiger partial charge in [0.05, 0.1) is 19.5 Å². The van der Waals surface area contributed by atoms with Crippen molar-refractivity contribution >= 4 is 0 Å². The molecule has 262 valence electrons. The second-order valence-corrected chi connectivity index (χ2v) is 14.6. The molecule has 1 aromatic heterocycles. The van der Waals surface area contributed by atoms with Crippen molar-refractivity contribution in [1.29, 1.82) is 0 Å². The van der Waals surface area contributed by atoms with Gasteiger partial charge in [-0.25, -0.2) is 9.13 Å². The minimum absolute atomic E-state index is 0.516. The van der Waals surface area contributed by atoms with Gasteiger partial charge < -0.3 is 0 Å². The maximum atomic E-state index is 2.75. The fraction of sp³-hybridized carbons (Fsp3) is 0.667. The van der Waals surface area contributed by atoms with Gasteiger partial charge in [0.15, 0.2) is 0 Å². The van der Waals surface area contributed by atoms with Crippen molar-refractivity contribution in [2.24, 2.45) is 0 Å². The third-order valence-corrected chi connectivity index (χ3v) is 10.4. The molecule has 0 radical (unpaired) electrons. The first-order valence-electron chi connectivity index (χ1n) is 20.4. The van der Waals surface area contributed by atoms with Crippen molar-refractivity contribution in [1.82, 2.24) is 4.57 Å². The highest BCUT2D eigenvalue weighted by molar-refractivity contribution is 5.22. The minimum Gasteiger partial charge on any atom is -0.234 e. The van der Waals surface area contributed by atoms with Gasteiger partial charge in [-0.05, 0) is 42.7 Å².